The van der Waals surface area contributed by atoms with Gasteiger partial charge in [0.2, 0.25) is 5.34 Å². The van der Waals surface area contributed by atoms with Crippen molar-refractivity contribution in [3.63, 3.8) is 0 Å². The average molecular weight is 517 g/mol. The average Bonchev–Trinajstić information content (AvgIpc) is 2.75. The monoisotopic (exact) mass is 516 g/mol. The first-order valence-electron chi connectivity index (χ1n) is 14.4. The summed E-state index contributed by atoms with van der Waals surface area (Å²) in [6, 6.07) is 0. The minimum absolute atomic E-state index is 0.0343. The molecule has 1 atom stereocenters. The van der Waals surface area contributed by atoms with Crippen molar-refractivity contribution < 1.29 is 23.9 Å². The van der Waals surface area contributed by atoms with E-state index in [9.17, 15) is 19.5 Å². The summed E-state index contributed by atoms with van der Waals surface area (Å²) in [6.07, 6.45) is 31.5. The SMILES string of the molecule is CCCCCCCCCCCCCC/C=C\CCC/C=C\CCCC(O)(C[N+](C)(C)C)P(=O)(O)O. The molecule has 35 heavy (non-hydrogen) atoms. The summed E-state index contributed by atoms with van der Waals surface area (Å²) in [4.78, 5) is 19.2. The Hall–Kier alpha value is -0.450. The highest BCUT2D eigenvalue weighted by molar-refractivity contribution is 7.53. The zero-order valence-corrected chi connectivity index (χ0v) is 24.5. The van der Waals surface area contributed by atoms with Crippen LogP contribution in [0.1, 0.15) is 129 Å². The summed E-state index contributed by atoms with van der Waals surface area (Å²) in [5.74, 6) is 0. The fraction of sp³-hybridized carbons (Fsp3) is 0.862. The molecule has 0 aromatic heterocycles. The van der Waals surface area contributed by atoms with Crippen LogP contribution in [0.5, 0.6) is 0 Å². The molecule has 0 aliphatic carbocycles. The Morgan fingerprint density at radius 2 is 1.00 bits per heavy atom. The smallest absolute Gasteiger partial charge is 0.362 e. The lowest BCUT2D eigenvalue weighted by Crippen LogP contribution is -2.49. The number of likely N-dealkylation sites (N-methyl/N-ethyl adjacent to an activating group) is 1. The third-order valence-electron chi connectivity index (χ3n) is 6.52. The van der Waals surface area contributed by atoms with E-state index in [1.54, 1.807) is 0 Å². The number of aliphatic hydroxyl groups is 1. The maximum absolute atomic E-state index is 11.8. The molecule has 0 saturated heterocycles. The van der Waals surface area contributed by atoms with Crippen molar-refractivity contribution in [2.75, 3.05) is 27.7 Å². The van der Waals surface area contributed by atoms with Crippen molar-refractivity contribution in [1.29, 1.82) is 0 Å². The van der Waals surface area contributed by atoms with Crippen LogP contribution in [0.3, 0.4) is 0 Å². The normalized spacial score (nSPS) is 14.8. The molecule has 0 amide bonds. The Kier molecular flexibility index (Phi) is 20.3. The maximum Gasteiger partial charge on any atom is 0.362 e. The lowest BCUT2D eigenvalue weighted by atomic mass is 10.0. The first-order valence-corrected chi connectivity index (χ1v) is 16.0. The van der Waals surface area contributed by atoms with E-state index in [0.717, 1.165) is 25.7 Å². The van der Waals surface area contributed by atoms with Crippen molar-refractivity contribution in [3.05, 3.63) is 24.3 Å². The number of allylic oxidation sites excluding steroid dienone is 4. The maximum atomic E-state index is 11.8. The number of unbranched alkanes of at least 4 members (excludes halogenated alkanes) is 15. The van der Waals surface area contributed by atoms with Crippen molar-refractivity contribution in [2.24, 2.45) is 0 Å². The Morgan fingerprint density at radius 3 is 1.40 bits per heavy atom. The van der Waals surface area contributed by atoms with Gasteiger partial charge in [-0.3, -0.25) is 4.57 Å². The molecule has 208 valence electrons. The van der Waals surface area contributed by atoms with Crippen LogP contribution in [0.15, 0.2) is 24.3 Å². The molecule has 0 spiro atoms. The van der Waals surface area contributed by atoms with Gasteiger partial charge >= 0.3 is 7.60 Å². The van der Waals surface area contributed by atoms with Gasteiger partial charge in [0, 0.05) is 0 Å². The van der Waals surface area contributed by atoms with Crippen LogP contribution in [0.4, 0.5) is 0 Å². The minimum Gasteiger partial charge on any atom is -0.373 e. The largest absolute Gasteiger partial charge is 0.373 e. The van der Waals surface area contributed by atoms with Crippen LogP contribution in [-0.4, -0.2) is 52.4 Å². The Balaban J connectivity index is 3.62. The van der Waals surface area contributed by atoms with Gasteiger partial charge in [-0.15, -0.1) is 0 Å². The van der Waals surface area contributed by atoms with E-state index in [0.29, 0.717) is 10.9 Å². The molecular weight excluding hydrogens is 457 g/mol. The van der Waals surface area contributed by atoms with Crippen LogP contribution >= 0.6 is 7.60 Å². The van der Waals surface area contributed by atoms with E-state index in [4.69, 9.17) is 0 Å². The molecule has 0 fully saturated rings. The second-order valence-corrected chi connectivity index (χ2v) is 13.3. The summed E-state index contributed by atoms with van der Waals surface area (Å²) in [7, 11) is 0.908. The first kappa shape index (κ1) is 34.6. The van der Waals surface area contributed by atoms with E-state index in [-0.39, 0.29) is 13.0 Å². The molecule has 5 nitrogen and oxygen atoms in total. The van der Waals surface area contributed by atoms with Gasteiger partial charge in [0.25, 0.3) is 0 Å². The molecule has 3 N–H and O–H groups in total. The Bertz CT molecular complexity index is 594. The fourth-order valence-corrected chi connectivity index (χ4v) is 5.57. The van der Waals surface area contributed by atoms with E-state index >= 15 is 0 Å². The van der Waals surface area contributed by atoms with Gasteiger partial charge < -0.3 is 19.4 Å². The van der Waals surface area contributed by atoms with Gasteiger partial charge in [-0.1, -0.05) is 102 Å². The molecule has 0 aromatic rings. The summed E-state index contributed by atoms with van der Waals surface area (Å²) in [6.45, 7) is 2.31. The molecule has 0 aromatic carbocycles. The summed E-state index contributed by atoms with van der Waals surface area (Å²) < 4.78 is 12.1. The highest BCUT2D eigenvalue weighted by Gasteiger charge is 2.48. The topological polar surface area (TPSA) is 77.8 Å². The van der Waals surface area contributed by atoms with Crippen LogP contribution in [0, 0.1) is 0 Å². The lowest BCUT2D eigenvalue weighted by molar-refractivity contribution is -0.875. The molecular formula is C29H59NO4P+. The van der Waals surface area contributed by atoms with Crippen LogP contribution in [-0.2, 0) is 4.57 Å². The molecule has 0 rings (SSSR count). The van der Waals surface area contributed by atoms with E-state index in [2.05, 4.69) is 31.2 Å². The Morgan fingerprint density at radius 1 is 0.629 bits per heavy atom. The van der Waals surface area contributed by atoms with Crippen molar-refractivity contribution in [3.8, 4) is 0 Å². The van der Waals surface area contributed by atoms with Crippen molar-refractivity contribution >= 4 is 7.60 Å². The number of quaternary nitrogens is 1. The summed E-state index contributed by atoms with van der Waals surface area (Å²) >= 11 is 0. The number of nitrogens with zero attached hydrogens (tertiary/aromatic N) is 1. The second-order valence-electron chi connectivity index (χ2n) is 11.4. The molecule has 0 radical (unpaired) electrons. The predicted molar refractivity (Wildman–Crippen MR) is 152 cm³/mol. The quantitative estimate of drug-likeness (QED) is 0.0524. The zero-order chi connectivity index (χ0) is 26.5. The van der Waals surface area contributed by atoms with Gasteiger partial charge in [0.05, 0.1) is 21.1 Å². The lowest BCUT2D eigenvalue weighted by Gasteiger charge is -2.35. The van der Waals surface area contributed by atoms with Gasteiger partial charge in [-0.25, -0.2) is 0 Å². The third kappa shape index (κ3) is 21.4. The highest BCUT2D eigenvalue weighted by Crippen LogP contribution is 2.52. The van der Waals surface area contributed by atoms with Crippen molar-refractivity contribution in [1.82, 2.24) is 0 Å². The first-order chi connectivity index (χ1) is 16.5. The molecule has 0 saturated carbocycles. The standard InChI is InChI=1S/C29H58NO4P/c1-5-6-7-8-9-10-11-12-13-14-15-16-17-18-19-20-21-22-23-24-25-26-27-29(31,35(32,33)34)28-30(2,3)4/h18-19,23-24,31H,5-17,20-22,25-28H2,1-4H3,(H-,32,33,34)/p+1/b19-18-,24-23-. The summed E-state index contributed by atoms with van der Waals surface area (Å²) in [5.41, 5.74) is 0. The molecule has 0 heterocycles. The van der Waals surface area contributed by atoms with Crippen LogP contribution in [0.2, 0.25) is 0 Å². The zero-order valence-electron chi connectivity index (χ0n) is 23.6. The molecule has 1 unspecified atom stereocenters. The third-order valence-corrected chi connectivity index (χ3v) is 7.97. The Labute approximate surface area is 217 Å². The molecule has 0 aliphatic rings. The molecule has 6 heteroatoms. The van der Waals surface area contributed by atoms with Crippen LogP contribution in [0.25, 0.3) is 0 Å². The predicted octanol–water partition coefficient (Wildman–Crippen LogP) is 8.10. The second kappa shape index (κ2) is 20.6. The number of rotatable bonds is 24. The number of hydrogen-bond acceptors (Lipinski definition) is 2. The van der Waals surface area contributed by atoms with Gasteiger partial charge in [0.15, 0.2) is 0 Å². The number of hydrogen-bond donors (Lipinski definition) is 3. The fourth-order valence-electron chi connectivity index (χ4n) is 4.51. The van der Waals surface area contributed by atoms with E-state index < -0.39 is 12.9 Å². The molecule has 0 bridgehead atoms. The van der Waals surface area contributed by atoms with Crippen LogP contribution < -0.4 is 0 Å². The van der Waals surface area contributed by atoms with E-state index in [1.807, 2.05) is 21.1 Å². The minimum atomic E-state index is -4.57. The highest BCUT2D eigenvalue weighted by atomic mass is 31.2. The molecule has 0 aliphatic heterocycles. The van der Waals surface area contributed by atoms with Gasteiger partial charge in [-0.05, 0) is 51.4 Å². The summed E-state index contributed by atoms with van der Waals surface area (Å²) in [5, 5.41) is 8.59. The van der Waals surface area contributed by atoms with E-state index in [1.165, 1.54) is 83.5 Å². The van der Waals surface area contributed by atoms with Crippen molar-refractivity contribution in [2.45, 2.75) is 134 Å². The van der Waals surface area contributed by atoms with Gasteiger partial charge in [0.1, 0.15) is 6.54 Å². The van der Waals surface area contributed by atoms with Gasteiger partial charge in [-0.2, -0.15) is 0 Å².